The third-order valence-corrected chi connectivity index (χ3v) is 2.38. The normalized spacial score (nSPS) is 10.9. The molecular formula is C12H12N2O3. The van der Waals surface area contributed by atoms with Gasteiger partial charge in [0.2, 0.25) is 0 Å². The number of hydrogen-bond donors (Lipinski definition) is 1. The standard InChI is InChI=1S/C12H12N2O3/c1-16-10-5-3-4-8-9(13-14-12(8)10)6-7-11(15)17-2/h3-7H,1-2H3,(H,13,14). The van der Waals surface area contributed by atoms with E-state index in [4.69, 9.17) is 4.74 Å². The number of fused-ring (bicyclic) bond motifs is 1. The van der Waals surface area contributed by atoms with Gasteiger partial charge in [-0.05, 0) is 12.1 Å². The highest BCUT2D eigenvalue weighted by atomic mass is 16.5. The fourth-order valence-corrected chi connectivity index (χ4v) is 1.54. The summed E-state index contributed by atoms with van der Waals surface area (Å²) in [7, 11) is 2.92. The topological polar surface area (TPSA) is 64.2 Å². The van der Waals surface area contributed by atoms with Crippen LogP contribution in [0.4, 0.5) is 0 Å². The molecule has 2 rings (SSSR count). The number of esters is 1. The lowest BCUT2D eigenvalue weighted by Crippen LogP contribution is -1.93. The molecule has 0 bridgehead atoms. The number of carbonyl (C=O) groups excluding carboxylic acids is 1. The van der Waals surface area contributed by atoms with Gasteiger partial charge in [-0.1, -0.05) is 12.1 Å². The van der Waals surface area contributed by atoms with Crippen LogP contribution in [0.15, 0.2) is 24.3 Å². The Morgan fingerprint density at radius 1 is 1.41 bits per heavy atom. The first-order chi connectivity index (χ1) is 8.26. The number of ether oxygens (including phenoxy) is 2. The second kappa shape index (κ2) is 4.69. The molecule has 0 aliphatic heterocycles. The Kier molecular flexibility index (Phi) is 3.09. The molecule has 1 aromatic carbocycles. The molecule has 1 aromatic heterocycles. The van der Waals surface area contributed by atoms with E-state index < -0.39 is 5.97 Å². The number of methoxy groups -OCH3 is 2. The molecule has 0 atom stereocenters. The van der Waals surface area contributed by atoms with Crippen LogP contribution in [-0.4, -0.2) is 30.4 Å². The van der Waals surface area contributed by atoms with Crippen LogP contribution in [0.5, 0.6) is 5.75 Å². The summed E-state index contributed by atoms with van der Waals surface area (Å²) in [4.78, 5) is 11.0. The van der Waals surface area contributed by atoms with Crippen molar-refractivity contribution in [2.24, 2.45) is 0 Å². The zero-order chi connectivity index (χ0) is 12.3. The summed E-state index contributed by atoms with van der Waals surface area (Å²) in [5.74, 6) is 0.284. The highest BCUT2D eigenvalue weighted by molar-refractivity contribution is 5.94. The second-order valence-corrected chi connectivity index (χ2v) is 3.35. The van der Waals surface area contributed by atoms with Gasteiger partial charge < -0.3 is 9.47 Å². The molecule has 1 N–H and O–H groups in total. The highest BCUT2D eigenvalue weighted by Gasteiger charge is 2.07. The fraction of sp³-hybridized carbons (Fsp3) is 0.167. The summed E-state index contributed by atoms with van der Waals surface area (Å²) in [6.45, 7) is 0. The Balaban J connectivity index is 2.43. The van der Waals surface area contributed by atoms with Crippen LogP contribution < -0.4 is 4.74 Å². The number of nitrogens with one attached hydrogen (secondary N) is 1. The second-order valence-electron chi connectivity index (χ2n) is 3.35. The van der Waals surface area contributed by atoms with Crippen LogP contribution in [-0.2, 0) is 9.53 Å². The molecule has 0 amide bonds. The molecule has 17 heavy (non-hydrogen) atoms. The lowest BCUT2D eigenvalue weighted by molar-refractivity contribution is -0.134. The molecule has 2 aromatic rings. The largest absolute Gasteiger partial charge is 0.494 e. The minimum Gasteiger partial charge on any atom is -0.494 e. The van der Waals surface area contributed by atoms with E-state index in [1.165, 1.54) is 13.2 Å². The van der Waals surface area contributed by atoms with Crippen molar-refractivity contribution in [2.45, 2.75) is 0 Å². The van der Waals surface area contributed by atoms with Crippen molar-refractivity contribution in [3.63, 3.8) is 0 Å². The maximum atomic E-state index is 11.0. The zero-order valence-corrected chi connectivity index (χ0v) is 9.56. The molecule has 0 radical (unpaired) electrons. The summed E-state index contributed by atoms with van der Waals surface area (Å²) in [6, 6.07) is 5.60. The highest BCUT2D eigenvalue weighted by Crippen LogP contribution is 2.25. The Hall–Kier alpha value is -2.30. The van der Waals surface area contributed by atoms with Crippen molar-refractivity contribution in [1.29, 1.82) is 0 Å². The molecule has 5 nitrogen and oxygen atoms in total. The van der Waals surface area contributed by atoms with Gasteiger partial charge in [-0.2, -0.15) is 5.10 Å². The molecular weight excluding hydrogens is 220 g/mol. The van der Waals surface area contributed by atoms with Crippen molar-refractivity contribution in [1.82, 2.24) is 10.2 Å². The van der Waals surface area contributed by atoms with Gasteiger partial charge in [-0.3, -0.25) is 5.10 Å². The van der Waals surface area contributed by atoms with Crippen LogP contribution >= 0.6 is 0 Å². The summed E-state index contributed by atoms with van der Waals surface area (Å²) in [5, 5.41) is 7.88. The van der Waals surface area contributed by atoms with Crippen molar-refractivity contribution >= 4 is 22.9 Å². The predicted octanol–water partition coefficient (Wildman–Crippen LogP) is 1.76. The lowest BCUT2D eigenvalue weighted by atomic mass is 10.2. The third kappa shape index (κ3) is 2.13. The first-order valence-corrected chi connectivity index (χ1v) is 5.03. The van der Waals surface area contributed by atoms with E-state index in [1.54, 1.807) is 13.2 Å². The van der Waals surface area contributed by atoms with Gasteiger partial charge in [-0.25, -0.2) is 4.79 Å². The number of hydrogen-bond acceptors (Lipinski definition) is 4. The van der Waals surface area contributed by atoms with E-state index >= 15 is 0 Å². The van der Waals surface area contributed by atoms with E-state index in [9.17, 15) is 4.79 Å². The average Bonchev–Trinajstić information content (AvgIpc) is 2.78. The van der Waals surface area contributed by atoms with Crippen molar-refractivity contribution in [3.8, 4) is 5.75 Å². The van der Waals surface area contributed by atoms with Gasteiger partial charge in [-0.15, -0.1) is 0 Å². The Morgan fingerprint density at radius 3 is 2.94 bits per heavy atom. The van der Waals surface area contributed by atoms with Crippen LogP contribution in [0.25, 0.3) is 17.0 Å². The number of aromatic nitrogens is 2. The molecule has 0 saturated carbocycles. The zero-order valence-electron chi connectivity index (χ0n) is 9.56. The number of H-pyrrole nitrogens is 1. The smallest absolute Gasteiger partial charge is 0.330 e. The van der Waals surface area contributed by atoms with Crippen LogP contribution in [0.3, 0.4) is 0 Å². The van der Waals surface area contributed by atoms with Crippen LogP contribution in [0, 0.1) is 0 Å². The SMILES string of the molecule is COC(=O)C=Cc1[nH]nc2c(OC)cccc12. The average molecular weight is 232 g/mol. The van der Waals surface area contributed by atoms with Gasteiger partial charge >= 0.3 is 5.97 Å². The molecule has 88 valence electrons. The molecule has 1 heterocycles. The van der Waals surface area contributed by atoms with E-state index in [0.29, 0.717) is 5.75 Å². The van der Waals surface area contributed by atoms with E-state index in [2.05, 4.69) is 14.9 Å². The van der Waals surface area contributed by atoms with Crippen LogP contribution in [0.2, 0.25) is 0 Å². The summed E-state index contributed by atoms with van der Waals surface area (Å²) in [6.07, 6.45) is 2.97. The first kappa shape index (κ1) is 11.2. The number of aromatic amines is 1. The van der Waals surface area contributed by atoms with Gasteiger partial charge in [0.05, 0.1) is 19.9 Å². The van der Waals surface area contributed by atoms with Crippen molar-refractivity contribution in [3.05, 3.63) is 30.0 Å². The minimum absolute atomic E-state index is 0.407. The number of nitrogens with zero attached hydrogens (tertiary/aromatic N) is 1. The summed E-state index contributed by atoms with van der Waals surface area (Å²) >= 11 is 0. The van der Waals surface area contributed by atoms with Crippen LogP contribution in [0.1, 0.15) is 5.69 Å². The summed E-state index contributed by atoms with van der Waals surface area (Å²) in [5.41, 5.74) is 1.48. The molecule has 5 heteroatoms. The van der Waals surface area contributed by atoms with Gasteiger partial charge in [0, 0.05) is 11.5 Å². The van der Waals surface area contributed by atoms with Gasteiger partial charge in [0.15, 0.2) is 0 Å². The maximum absolute atomic E-state index is 11.0. The quantitative estimate of drug-likeness (QED) is 0.647. The molecule has 0 aliphatic rings. The number of rotatable bonds is 3. The monoisotopic (exact) mass is 232 g/mol. The molecule has 0 spiro atoms. The predicted molar refractivity (Wildman–Crippen MR) is 63.7 cm³/mol. The number of para-hydroxylation sites is 1. The minimum atomic E-state index is -0.407. The lowest BCUT2D eigenvalue weighted by Gasteiger charge is -1.98. The molecule has 0 unspecified atom stereocenters. The van der Waals surface area contributed by atoms with Gasteiger partial charge in [0.1, 0.15) is 11.3 Å². The van der Waals surface area contributed by atoms with Crippen molar-refractivity contribution in [2.75, 3.05) is 14.2 Å². The third-order valence-electron chi connectivity index (χ3n) is 2.38. The molecule has 0 saturated heterocycles. The van der Waals surface area contributed by atoms with Gasteiger partial charge in [0.25, 0.3) is 0 Å². The molecule has 0 fully saturated rings. The van der Waals surface area contributed by atoms with E-state index in [1.807, 2.05) is 18.2 Å². The van der Waals surface area contributed by atoms with Crippen molar-refractivity contribution < 1.29 is 14.3 Å². The maximum Gasteiger partial charge on any atom is 0.330 e. The Bertz CT molecular complexity index is 572. The van der Waals surface area contributed by atoms with E-state index in [-0.39, 0.29) is 0 Å². The first-order valence-electron chi connectivity index (χ1n) is 5.03. The number of carbonyl (C=O) groups is 1. The molecule has 0 aliphatic carbocycles. The Labute approximate surface area is 98.0 Å². The summed E-state index contributed by atoms with van der Waals surface area (Å²) < 4.78 is 9.71. The number of benzene rings is 1. The fourth-order valence-electron chi connectivity index (χ4n) is 1.54. The Morgan fingerprint density at radius 2 is 2.24 bits per heavy atom. The van der Waals surface area contributed by atoms with E-state index in [0.717, 1.165) is 16.6 Å².